The van der Waals surface area contributed by atoms with Crippen molar-refractivity contribution >= 4 is 28.5 Å². The van der Waals surface area contributed by atoms with Gasteiger partial charge in [-0.05, 0) is 44.1 Å². The molecular formula is C15H18N4O2S. The molecule has 7 heteroatoms. The molecule has 6 nitrogen and oxygen atoms in total. The van der Waals surface area contributed by atoms with Crippen molar-refractivity contribution in [2.45, 2.75) is 25.8 Å². The lowest BCUT2D eigenvalue weighted by Crippen LogP contribution is -2.28. The Morgan fingerprint density at radius 3 is 3.00 bits per heavy atom. The fourth-order valence-corrected chi connectivity index (χ4v) is 3.15. The summed E-state index contributed by atoms with van der Waals surface area (Å²) in [7, 11) is 0. The van der Waals surface area contributed by atoms with Crippen molar-refractivity contribution in [3.8, 4) is 0 Å². The van der Waals surface area contributed by atoms with E-state index >= 15 is 0 Å². The van der Waals surface area contributed by atoms with Gasteiger partial charge in [0.25, 0.3) is 0 Å². The lowest BCUT2D eigenvalue weighted by molar-refractivity contribution is -0.111. The molecule has 0 bridgehead atoms. The monoisotopic (exact) mass is 318 g/mol. The summed E-state index contributed by atoms with van der Waals surface area (Å²) in [5.41, 5.74) is 0. The molecule has 116 valence electrons. The Hall–Kier alpha value is -1.99. The number of nitrogens with one attached hydrogen (secondary N) is 1. The summed E-state index contributed by atoms with van der Waals surface area (Å²) in [5.74, 6) is 0.398. The fourth-order valence-electron chi connectivity index (χ4n) is 2.37. The van der Waals surface area contributed by atoms with Crippen molar-refractivity contribution in [3.63, 3.8) is 0 Å². The van der Waals surface area contributed by atoms with Gasteiger partial charge in [0.1, 0.15) is 10.8 Å². The van der Waals surface area contributed by atoms with Gasteiger partial charge < -0.3 is 4.42 Å². The van der Waals surface area contributed by atoms with Crippen LogP contribution in [0, 0.1) is 0 Å². The van der Waals surface area contributed by atoms with E-state index in [2.05, 4.69) is 20.4 Å². The van der Waals surface area contributed by atoms with Gasteiger partial charge >= 0.3 is 0 Å². The highest BCUT2D eigenvalue weighted by molar-refractivity contribution is 7.15. The second-order valence-corrected chi connectivity index (χ2v) is 6.24. The van der Waals surface area contributed by atoms with Crippen molar-refractivity contribution in [1.82, 2.24) is 15.1 Å². The minimum atomic E-state index is -0.239. The molecular weight excluding hydrogens is 300 g/mol. The molecule has 0 atom stereocenters. The number of hydrogen-bond acceptors (Lipinski definition) is 6. The smallest absolute Gasteiger partial charge is 0.250 e. The first-order valence-corrected chi connectivity index (χ1v) is 8.18. The second-order valence-electron chi connectivity index (χ2n) is 5.18. The third kappa shape index (κ3) is 4.25. The molecule has 3 rings (SSSR count). The lowest BCUT2D eigenvalue weighted by atomic mass is 10.1. The van der Waals surface area contributed by atoms with Crippen LogP contribution in [0.5, 0.6) is 0 Å². The number of furan rings is 1. The third-order valence-electron chi connectivity index (χ3n) is 3.45. The van der Waals surface area contributed by atoms with E-state index in [-0.39, 0.29) is 5.91 Å². The maximum atomic E-state index is 11.8. The number of nitrogens with zero attached hydrogens (tertiary/aromatic N) is 3. The van der Waals surface area contributed by atoms with E-state index in [4.69, 9.17) is 4.42 Å². The topological polar surface area (TPSA) is 71.3 Å². The lowest BCUT2D eigenvalue weighted by Gasteiger charge is -2.24. The SMILES string of the molecule is O=C(/C=C/c1ccco1)Nc1nnc(CN2CCCCC2)s1. The number of carbonyl (C=O) groups excluding carboxylic acids is 1. The molecule has 1 amide bonds. The summed E-state index contributed by atoms with van der Waals surface area (Å²) < 4.78 is 5.13. The molecule has 3 heterocycles. The van der Waals surface area contributed by atoms with Gasteiger partial charge in [-0.2, -0.15) is 0 Å². The molecule has 0 aliphatic carbocycles. The standard InChI is InChI=1S/C15H18N4O2S/c20-13(7-6-12-5-4-10-21-12)16-15-18-17-14(22-15)11-19-8-2-1-3-9-19/h4-7,10H,1-3,8-9,11H2,(H,16,18,20)/b7-6+. The van der Waals surface area contributed by atoms with Crippen LogP contribution in [-0.2, 0) is 11.3 Å². The first-order valence-electron chi connectivity index (χ1n) is 7.37. The predicted molar refractivity (Wildman–Crippen MR) is 85.4 cm³/mol. The van der Waals surface area contributed by atoms with Gasteiger partial charge in [-0.15, -0.1) is 10.2 Å². The van der Waals surface area contributed by atoms with E-state index in [1.54, 1.807) is 24.5 Å². The van der Waals surface area contributed by atoms with Crippen molar-refractivity contribution in [1.29, 1.82) is 0 Å². The van der Waals surface area contributed by atoms with Crippen molar-refractivity contribution < 1.29 is 9.21 Å². The maximum absolute atomic E-state index is 11.8. The molecule has 0 radical (unpaired) electrons. The Kier molecular flexibility index (Phi) is 4.97. The molecule has 0 unspecified atom stereocenters. The van der Waals surface area contributed by atoms with Crippen LogP contribution in [0.3, 0.4) is 0 Å². The Bertz CT molecular complexity index is 630. The highest BCUT2D eigenvalue weighted by Gasteiger charge is 2.13. The summed E-state index contributed by atoms with van der Waals surface area (Å²) in [4.78, 5) is 14.2. The zero-order valence-corrected chi connectivity index (χ0v) is 13.0. The van der Waals surface area contributed by atoms with E-state index in [1.807, 2.05) is 0 Å². The van der Waals surface area contributed by atoms with E-state index in [9.17, 15) is 4.79 Å². The van der Waals surface area contributed by atoms with Gasteiger partial charge in [0.05, 0.1) is 12.8 Å². The van der Waals surface area contributed by atoms with Gasteiger partial charge in [-0.3, -0.25) is 15.0 Å². The molecule has 2 aromatic rings. The van der Waals surface area contributed by atoms with Crippen molar-refractivity contribution in [2.24, 2.45) is 0 Å². The van der Waals surface area contributed by atoms with Crippen LogP contribution in [0.25, 0.3) is 6.08 Å². The summed E-state index contributed by atoms with van der Waals surface area (Å²) >= 11 is 1.43. The molecule has 1 N–H and O–H groups in total. The quantitative estimate of drug-likeness (QED) is 0.858. The molecule has 1 fully saturated rings. The van der Waals surface area contributed by atoms with Crippen LogP contribution in [-0.4, -0.2) is 34.1 Å². The number of rotatable bonds is 5. The molecule has 0 spiro atoms. The Balaban J connectivity index is 1.51. The minimum absolute atomic E-state index is 0.239. The van der Waals surface area contributed by atoms with E-state index in [0.717, 1.165) is 24.6 Å². The van der Waals surface area contributed by atoms with Crippen molar-refractivity contribution in [2.75, 3.05) is 18.4 Å². The Labute approximate surface area is 132 Å². The van der Waals surface area contributed by atoms with Gasteiger partial charge in [0.2, 0.25) is 11.0 Å². The minimum Gasteiger partial charge on any atom is -0.465 e. The maximum Gasteiger partial charge on any atom is 0.250 e. The highest BCUT2D eigenvalue weighted by Crippen LogP contribution is 2.19. The van der Waals surface area contributed by atoms with Gasteiger partial charge in [0, 0.05) is 6.08 Å². The molecule has 1 aliphatic heterocycles. The average molecular weight is 318 g/mol. The van der Waals surface area contributed by atoms with Crippen molar-refractivity contribution in [3.05, 3.63) is 35.2 Å². The highest BCUT2D eigenvalue weighted by atomic mass is 32.1. The summed E-state index contributed by atoms with van der Waals surface area (Å²) in [6.45, 7) is 3.05. The number of anilines is 1. The van der Waals surface area contributed by atoms with Crippen LogP contribution in [0.1, 0.15) is 30.0 Å². The fraction of sp³-hybridized carbons (Fsp3) is 0.400. The molecule has 0 aromatic carbocycles. The van der Waals surface area contributed by atoms with Crippen LogP contribution >= 0.6 is 11.3 Å². The zero-order valence-electron chi connectivity index (χ0n) is 12.2. The first-order chi connectivity index (χ1) is 10.8. The normalized spacial score (nSPS) is 16.2. The van der Waals surface area contributed by atoms with Crippen LogP contribution in [0.2, 0.25) is 0 Å². The summed E-state index contributed by atoms with van der Waals surface area (Å²) in [5, 5.41) is 12.3. The van der Waals surface area contributed by atoms with E-state index in [0.29, 0.717) is 10.9 Å². The number of hydrogen-bond donors (Lipinski definition) is 1. The zero-order chi connectivity index (χ0) is 15.2. The van der Waals surface area contributed by atoms with Crippen LogP contribution < -0.4 is 5.32 Å². The molecule has 22 heavy (non-hydrogen) atoms. The number of likely N-dealkylation sites (tertiary alicyclic amines) is 1. The van der Waals surface area contributed by atoms with Gasteiger partial charge in [-0.25, -0.2) is 0 Å². The second kappa shape index (κ2) is 7.33. The van der Waals surface area contributed by atoms with Gasteiger partial charge in [0.15, 0.2) is 0 Å². The summed E-state index contributed by atoms with van der Waals surface area (Å²) in [6.07, 6.45) is 8.42. The number of carbonyl (C=O) groups is 1. The summed E-state index contributed by atoms with van der Waals surface area (Å²) in [6, 6.07) is 3.56. The third-order valence-corrected chi connectivity index (χ3v) is 4.27. The molecule has 0 saturated carbocycles. The van der Waals surface area contributed by atoms with E-state index < -0.39 is 0 Å². The van der Waals surface area contributed by atoms with Crippen LogP contribution in [0.4, 0.5) is 5.13 Å². The Morgan fingerprint density at radius 1 is 1.36 bits per heavy atom. The van der Waals surface area contributed by atoms with Gasteiger partial charge in [-0.1, -0.05) is 17.8 Å². The molecule has 1 saturated heterocycles. The number of aromatic nitrogens is 2. The Morgan fingerprint density at radius 2 is 2.23 bits per heavy atom. The number of piperidine rings is 1. The first kappa shape index (κ1) is 14.9. The predicted octanol–water partition coefficient (Wildman–Crippen LogP) is 2.77. The number of amides is 1. The van der Waals surface area contributed by atoms with E-state index in [1.165, 1.54) is 36.7 Å². The largest absolute Gasteiger partial charge is 0.465 e. The average Bonchev–Trinajstić information content (AvgIpc) is 3.18. The molecule has 1 aliphatic rings. The molecule has 2 aromatic heterocycles. The van der Waals surface area contributed by atoms with Crippen LogP contribution in [0.15, 0.2) is 28.9 Å².